The normalized spacial score (nSPS) is 21.9. The summed E-state index contributed by atoms with van der Waals surface area (Å²) < 4.78 is 0. The minimum absolute atomic E-state index is 0.261. The second-order valence-corrected chi connectivity index (χ2v) is 3.16. The Balaban J connectivity index is 2.43. The summed E-state index contributed by atoms with van der Waals surface area (Å²) in [4.78, 5) is 4.36. The molecule has 12 heavy (non-hydrogen) atoms. The molecule has 0 amide bonds. The van der Waals surface area contributed by atoms with Crippen molar-refractivity contribution in [2.24, 2.45) is 0 Å². The van der Waals surface area contributed by atoms with Gasteiger partial charge in [0.05, 0.1) is 0 Å². The Morgan fingerprint density at radius 1 is 1.50 bits per heavy atom. The van der Waals surface area contributed by atoms with Crippen LogP contribution in [0.4, 0.5) is 0 Å². The van der Waals surface area contributed by atoms with Crippen molar-refractivity contribution in [2.45, 2.75) is 25.9 Å². The van der Waals surface area contributed by atoms with Crippen LogP contribution in [-0.2, 0) is 0 Å². The summed E-state index contributed by atoms with van der Waals surface area (Å²) in [5.41, 5.74) is 0. The molecule has 0 bridgehead atoms. The monoisotopic (exact) mass is 163 g/mol. The Morgan fingerprint density at radius 3 is 2.83 bits per heavy atom. The first kappa shape index (κ1) is 9.36. The van der Waals surface area contributed by atoms with Crippen molar-refractivity contribution in [1.29, 1.82) is 0 Å². The van der Waals surface area contributed by atoms with E-state index >= 15 is 0 Å². The van der Waals surface area contributed by atoms with E-state index in [0.717, 1.165) is 6.54 Å². The van der Waals surface area contributed by atoms with Crippen LogP contribution in [-0.4, -0.2) is 43.0 Å². The van der Waals surface area contributed by atoms with Crippen molar-refractivity contribution < 1.29 is 0 Å². The zero-order valence-corrected chi connectivity index (χ0v) is 7.90. The van der Waals surface area contributed by atoms with Crippen LogP contribution in [0.15, 0.2) is 12.4 Å². The van der Waals surface area contributed by atoms with E-state index in [1.807, 2.05) is 7.05 Å². The van der Waals surface area contributed by atoms with Crippen LogP contribution in [0.1, 0.15) is 19.8 Å². The van der Waals surface area contributed by atoms with E-state index in [-0.39, 0.29) is 6.17 Å². The van der Waals surface area contributed by atoms with E-state index < -0.39 is 0 Å². The number of rotatable bonds is 4. The van der Waals surface area contributed by atoms with Crippen molar-refractivity contribution in [2.75, 3.05) is 13.6 Å². The first-order valence-electron chi connectivity index (χ1n) is 4.50. The average Bonchev–Trinajstić information content (AvgIpc) is 2.43. The quantitative estimate of drug-likeness (QED) is 0.565. The summed E-state index contributed by atoms with van der Waals surface area (Å²) in [6, 6.07) is 0. The molecule has 2 nitrogen and oxygen atoms in total. The van der Waals surface area contributed by atoms with E-state index in [2.05, 4.69) is 29.1 Å². The fourth-order valence-electron chi connectivity index (χ4n) is 1.39. The van der Waals surface area contributed by atoms with Crippen molar-refractivity contribution in [3.63, 3.8) is 0 Å². The molecule has 0 spiro atoms. The van der Waals surface area contributed by atoms with E-state index in [1.165, 1.54) is 12.8 Å². The first-order chi connectivity index (χ1) is 5.79. The first-order valence-corrected chi connectivity index (χ1v) is 4.50. The number of unbranched alkanes of at least 4 members (excludes halogenated alkanes) is 1. The third kappa shape index (κ3) is 1.90. The van der Waals surface area contributed by atoms with E-state index in [4.69, 9.17) is 7.49 Å². The summed E-state index contributed by atoms with van der Waals surface area (Å²) in [6.07, 6.45) is 6.87. The van der Waals surface area contributed by atoms with E-state index in [0.29, 0.717) is 0 Å². The molecule has 0 aromatic rings. The van der Waals surface area contributed by atoms with Crippen LogP contribution in [0, 0.1) is 0 Å². The van der Waals surface area contributed by atoms with Gasteiger partial charge in [0.1, 0.15) is 0 Å². The molecule has 1 unspecified atom stereocenters. The zero-order chi connectivity index (χ0) is 8.97. The number of hydrogen-bond acceptors (Lipinski definition) is 2. The van der Waals surface area contributed by atoms with Gasteiger partial charge in [0.25, 0.3) is 0 Å². The van der Waals surface area contributed by atoms with Gasteiger partial charge in [-0.05, 0) is 0 Å². The molecule has 3 heteroatoms. The molecule has 0 N–H and O–H groups in total. The average molecular weight is 163 g/mol. The fourth-order valence-corrected chi connectivity index (χ4v) is 1.39. The van der Waals surface area contributed by atoms with Crippen molar-refractivity contribution in [3.8, 4) is 0 Å². The Morgan fingerprint density at radius 2 is 2.25 bits per heavy atom. The van der Waals surface area contributed by atoms with Crippen molar-refractivity contribution in [1.82, 2.24) is 9.80 Å². The van der Waals surface area contributed by atoms with Gasteiger partial charge < -0.3 is 0 Å². The molecule has 0 fully saturated rings. The molecule has 0 aliphatic carbocycles. The van der Waals surface area contributed by atoms with Gasteiger partial charge >= 0.3 is 75.2 Å². The summed E-state index contributed by atoms with van der Waals surface area (Å²) in [5.74, 6) is 1.73. The summed E-state index contributed by atoms with van der Waals surface area (Å²) in [6.45, 7) is 3.29. The minimum atomic E-state index is 0.261. The molecule has 1 rings (SSSR count). The third-order valence-corrected chi connectivity index (χ3v) is 2.19. The van der Waals surface area contributed by atoms with Crippen molar-refractivity contribution >= 4 is 13.5 Å². The Bertz CT molecular complexity index is 179. The molecule has 0 aromatic heterocycles. The zero-order valence-electron chi connectivity index (χ0n) is 7.90. The van der Waals surface area contributed by atoms with E-state index in [1.54, 1.807) is 5.97 Å². The Kier molecular flexibility index (Phi) is 3.38. The van der Waals surface area contributed by atoms with Gasteiger partial charge in [0.15, 0.2) is 0 Å². The standard InChI is InChI=1S/C9H16BN2/c1-3-4-5-12-7-6-11(2)9(12)8-10/h6-9H,3-5H2,1-2H3. The fraction of sp³-hybridized carbons (Fsp3) is 0.667. The van der Waals surface area contributed by atoms with Gasteiger partial charge in [0, 0.05) is 0 Å². The second kappa shape index (κ2) is 4.34. The van der Waals surface area contributed by atoms with Gasteiger partial charge in [-0.15, -0.1) is 0 Å². The van der Waals surface area contributed by atoms with Gasteiger partial charge in [-0.2, -0.15) is 0 Å². The number of nitrogens with zero attached hydrogens (tertiary/aromatic N) is 2. The van der Waals surface area contributed by atoms with Crippen LogP contribution in [0.3, 0.4) is 0 Å². The van der Waals surface area contributed by atoms with Crippen LogP contribution in [0.25, 0.3) is 0 Å². The summed E-state index contributed by atoms with van der Waals surface area (Å²) in [7, 11) is 7.58. The SMILES string of the molecule is [B]=CC1N(C)C=CN1CCCC. The predicted octanol–water partition coefficient (Wildman–Crippen LogP) is 0.802. The number of hydrogen-bond donors (Lipinski definition) is 0. The molecule has 1 aliphatic heterocycles. The second-order valence-electron chi connectivity index (χ2n) is 3.16. The Hall–Kier alpha value is -0.725. The van der Waals surface area contributed by atoms with Crippen LogP contribution < -0.4 is 0 Å². The van der Waals surface area contributed by atoms with E-state index in [9.17, 15) is 0 Å². The molecule has 1 aliphatic rings. The molecule has 1 radical (unpaired) electrons. The molecule has 1 heterocycles. The van der Waals surface area contributed by atoms with Crippen LogP contribution in [0.5, 0.6) is 0 Å². The topological polar surface area (TPSA) is 6.48 Å². The molecular weight excluding hydrogens is 147 g/mol. The Labute approximate surface area is 75.9 Å². The molecule has 1 atom stereocenters. The van der Waals surface area contributed by atoms with Gasteiger partial charge in [-0.1, -0.05) is 0 Å². The van der Waals surface area contributed by atoms with Gasteiger partial charge in [-0.3, -0.25) is 0 Å². The molecule has 0 saturated carbocycles. The molecular formula is C9H16BN2. The summed E-state index contributed by atoms with van der Waals surface area (Å²) >= 11 is 0. The maximum atomic E-state index is 5.54. The predicted molar refractivity (Wildman–Crippen MR) is 54.1 cm³/mol. The molecule has 0 aromatic carbocycles. The van der Waals surface area contributed by atoms with Crippen LogP contribution >= 0.6 is 0 Å². The van der Waals surface area contributed by atoms with Crippen LogP contribution in [0.2, 0.25) is 0 Å². The third-order valence-electron chi connectivity index (χ3n) is 2.19. The summed E-state index contributed by atoms with van der Waals surface area (Å²) in [5, 5.41) is 0. The van der Waals surface area contributed by atoms with Crippen molar-refractivity contribution in [3.05, 3.63) is 12.4 Å². The maximum absolute atomic E-state index is 5.54. The molecule has 0 saturated heterocycles. The van der Waals surface area contributed by atoms with Gasteiger partial charge in [0.2, 0.25) is 0 Å². The van der Waals surface area contributed by atoms with Gasteiger partial charge in [-0.25, -0.2) is 0 Å². The molecule has 65 valence electrons.